The van der Waals surface area contributed by atoms with Gasteiger partial charge in [-0.25, -0.2) is 0 Å². The second kappa shape index (κ2) is 10.1. The van der Waals surface area contributed by atoms with Crippen LogP contribution in [0.1, 0.15) is 31.4 Å². The van der Waals surface area contributed by atoms with Crippen LogP contribution in [0.4, 0.5) is 5.69 Å². The van der Waals surface area contributed by atoms with Crippen LogP contribution in [0.5, 0.6) is 0 Å². The molecular formula is C21H31N3. The molecular weight excluding hydrogens is 294 g/mol. The molecule has 0 saturated carbocycles. The molecule has 0 aliphatic heterocycles. The van der Waals surface area contributed by atoms with E-state index in [0.29, 0.717) is 0 Å². The second-order valence-electron chi connectivity index (χ2n) is 6.26. The van der Waals surface area contributed by atoms with Gasteiger partial charge in [0, 0.05) is 31.4 Å². The molecule has 130 valence electrons. The molecule has 0 saturated heterocycles. The third-order valence-electron chi connectivity index (χ3n) is 4.40. The van der Waals surface area contributed by atoms with Crippen molar-refractivity contribution < 1.29 is 0 Å². The normalized spacial score (nSPS) is 12.1. The standard InChI is InChI=1S/C21H31N3/c1-3-24(4-2)21-12-8-11-19(16-21)17-23-14-13-20(22)15-18-9-6-5-7-10-18/h5-12,16,20,23H,3-4,13-15,17,22H2,1-2H3/t20-/m1/s1. The van der Waals surface area contributed by atoms with Crippen molar-refractivity contribution in [1.29, 1.82) is 0 Å². The molecule has 0 bridgehead atoms. The van der Waals surface area contributed by atoms with E-state index in [2.05, 4.69) is 72.6 Å². The van der Waals surface area contributed by atoms with E-state index in [9.17, 15) is 0 Å². The first-order valence-electron chi connectivity index (χ1n) is 9.07. The lowest BCUT2D eigenvalue weighted by Gasteiger charge is -2.21. The van der Waals surface area contributed by atoms with Gasteiger partial charge in [0.15, 0.2) is 0 Å². The van der Waals surface area contributed by atoms with Crippen molar-refractivity contribution in [1.82, 2.24) is 5.32 Å². The fraction of sp³-hybridized carbons (Fsp3) is 0.429. The Morgan fingerprint density at radius 2 is 1.67 bits per heavy atom. The summed E-state index contributed by atoms with van der Waals surface area (Å²) in [5.41, 5.74) is 10.2. The van der Waals surface area contributed by atoms with E-state index in [1.807, 2.05) is 6.07 Å². The lowest BCUT2D eigenvalue weighted by atomic mass is 10.0. The molecule has 1 atom stereocenters. The Balaban J connectivity index is 1.73. The molecule has 0 amide bonds. The average Bonchev–Trinajstić information content (AvgIpc) is 2.61. The van der Waals surface area contributed by atoms with Crippen molar-refractivity contribution in [2.75, 3.05) is 24.5 Å². The average molecular weight is 325 g/mol. The van der Waals surface area contributed by atoms with Gasteiger partial charge in [0.2, 0.25) is 0 Å². The maximum Gasteiger partial charge on any atom is 0.0369 e. The predicted molar refractivity (Wildman–Crippen MR) is 104 cm³/mol. The van der Waals surface area contributed by atoms with Gasteiger partial charge in [0.25, 0.3) is 0 Å². The van der Waals surface area contributed by atoms with Crippen LogP contribution in [0.25, 0.3) is 0 Å². The van der Waals surface area contributed by atoms with E-state index in [1.54, 1.807) is 0 Å². The van der Waals surface area contributed by atoms with Crippen molar-refractivity contribution in [3.8, 4) is 0 Å². The van der Waals surface area contributed by atoms with Crippen molar-refractivity contribution >= 4 is 5.69 Å². The van der Waals surface area contributed by atoms with Gasteiger partial charge >= 0.3 is 0 Å². The highest BCUT2D eigenvalue weighted by atomic mass is 15.1. The third-order valence-corrected chi connectivity index (χ3v) is 4.40. The van der Waals surface area contributed by atoms with Gasteiger partial charge in [-0.1, -0.05) is 42.5 Å². The van der Waals surface area contributed by atoms with E-state index >= 15 is 0 Å². The minimum Gasteiger partial charge on any atom is -0.372 e. The molecule has 3 heteroatoms. The summed E-state index contributed by atoms with van der Waals surface area (Å²) in [5.74, 6) is 0. The quantitative estimate of drug-likeness (QED) is 0.656. The van der Waals surface area contributed by atoms with Gasteiger partial charge in [-0.2, -0.15) is 0 Å². The number of anilines is 1. The number of nitrogens with two attached hydrogens (primary N) is 1. The van der Waals surface area contributed by atoms with Crippen LogP contribution < -0.4 is 16.0 Å². The molecule has 3 N–H and O–H groups in total. The Kier molecular flexibility index (Phi) is 7.80. The minimum absolute atomic E-state index is 0.210. The summed E-state index contributed by atoms with van der Waals surface area (Å²) in [4.78, 5) is 2.37. The lowest BCUT2D eigenvalue weighted by Crippen LogP contribution is -2.28. The third kappa shape index (κ3) is 5.99. The van der Waals surface area contributed by atoms with Crippen LogP contribution in [0.2, 0.25) is 0 Å². The summed E-state index contributed by atoms with van der Waals surface area (Å²) >= 11 is 0. The Morgan fingerprint density at radius 1 is 0.958 bits per heavy atom. The summed E-state index contributed by atoms with van der Waals surface area (Å²) < 4.78 is 0. The first kappa shape index (κ1) is 18.5. The van der Waals surface area contributed by atoms with E-state index in [-0.39, 0.29) is 6.04 Å². The number of benzene rings is 2. The van der Waals surface area contributed by atoms with E-state index < -0.39 is 0 Å². The van der Waals surface area contributed by atoms with Crippen LogP contribution in [-0.4, -0.2) is 25.7 Å². The van der Waals surface area contributed by atoms with Crippen LogP contribution >= 0.6 is 0 Å². The van der Waals surface area contributed by atoms with Crippen LogP contribution in [-0.2, 0) is 13.0 Å². The summed E-state index contributed by atoms with van der Waals surface area (Å²) in [6.45, 7) is 8.32. The fourth-order valence-corrected chi connectivity index (χ4v) is 2.99. The molecule has 2 rings (SSSR count). The maximum absolute atomic E-state index is 6.24. The highest BCUT2D eigenvalue weighted by Crippen LogP contribution is 2.15. The Morgan fingerprint density at radius 3 is 2.38 bits per heavy atom. The number of rotatable bonds is 10. The number of hydrogen-bond acceptors (Lipinski definition) is 3. The highest BCUT2D eigenvalue weighted by Gasteiger charge is 2.05. The smallest absolute Gasteiger partial charge is 0.0369 e. The zero-order chi connectivity index (χ0) is 17.2. The molecule has 2 aromatic carbocycles. The molecule has 0 aromatic heterocycles. The topological polar surface area (TPSA) is 41.3 Å². The Bertz CT molecular complexity index is 579. The fourth-order valence-electron chi connectivity index (χ4n) is 2.99. The molecule has 0 spiro atoms. The molecule has 0 heterocycles. The van der Waals surface area contributed by atoms with Crippen molar-refractivity contribution in [3.05, 3.63) is 65.7 Å². The van der Waals surface area contributed by atoms with Gasteiger partial charge in [0.1, 0.15) is 0 Å². The van der Waals surface area contributed by atoms with Gasteiger partial charge < -0.3 is 16.0 Å². The molecule has 0 radical (unpaired) electrons. The Hall–Kier alpha value is -1.84. The predicted octanol–water partition coefficient (Wildman–Crippen LogP) is 3.58. The Labute approximate surface area is 146 Å². The van der Waals surface area contributed by atoms with Crippen molar-refractivity contribution in [3.63, 3.8) is 0 Å². The summed E-state index contributed by atoms with van der Waals surface area (Å²) in [6, 6.07) is 19.5. The maximum atomic E-state index is 6.24. The van der Waals surface area contributed by atoms with Crippen LogP contribution in [0.3, 0.4) is 0 Å². The monoisotopic (exact) mass is 325 g/mol. The van der Waals surface area contributed by atoms with E-state index in [1.165, 1.54) is 16.8 Å². The number of nitrogens with zero attached hydrogens (tertiary/aromatic N) is 1. The molecule has 0 fully saturated rings. The minimum atomic E-state index is 0.210. The van der Waals surface area contributed by atoms with Gasteiger partial charge in [-0.3, -0.25) is 0 Å². The summed E-state index contributed by atoms with van der Waals surface area (Å²) in [7, 11) is 0. The van der Waals surface area contributed by atoms with Crippen molar-refractivity contribution in [2.45, 2.75) is 39.3 Å². The van der Waals surface area contributed by atoms with E-state index in [0.717, 1.165) is 39.0 Å². The zero-order valence-electron chi connectivity index (χ0n) is 15.0. The molecule has 0 unspecified atom stereocenters. The first-order valence-corrected chi connectivity index (χ1v) is 9.07. The summed E-state index contributed by atoms with van der Waals surface area (Å²) in [6.07, 6.45) is 1.94. The molecule has 3 nitrogen and oxygen atoms in total. The zero-order valence-corrected chi connectivity index (χ0v) is 15.0. The number of nitrogens with one attached hydrogen (secondary N) is 1. The molecule has 24 heavy (non-hydrogen) atoms. The molecule has 0 aliphatic rings. The van der Waals surface area contributed by atoms with Crippen molar-refractivity contribution in [2.24, 2.45) is 5.73 Å². The molecule has 0 aliphatic carbocycles. The summed E-state index contributed by atoms with van der Waals surface area (Å²) in [5, 5.41) is 3.52. The van der Waals surface area contributed by atoms with E-state index in [4.69, 9.17) is 5.73 Å². The van der Waals surface area contributed by atoms with Gasteiger partial charge in [-0.15, -0.1) is 0 Å². The highest BCUT2D eigenvalue weighted by molar-refractivity contribution is 5.48. The first-order chi connectivity index (χ1) is 11.7. The second-order valence-corrected chi connectivity index (χ2v) is 6.26. The van der Waals surface area contributed by atoms with Crippen LogP contribution in [0.15, 0.2) is 54.6 Å². The van der Waals surface area contributed by atoms with Gasteiger partial charge in [-0.05, 0) is 56.5 Å². The SMILES string of the molecule is CCN(CC)c1cccc(CNCC[C@@H](N)Cc2ccccc2)c1. The van der Waals surface area contributed by atoms with Gasteiger partial charge in [0.05, 0.1) is 0 Å². The molecule has 2 aromatic rings. The lowest BCUT2D eigenvalue weighted by molar-refractivity contribution is 0.558. The van der Waals surface area contributed by atoms with Crippen LogP contribution in [0, 0.1) is 0 Å². The largest absolute Gasteiger partial charge is 0.372 e. The number of hydrogen-bond donors (Lipinski definition) is 2.